The number of nitro groups is 1. The van der Waals surface area contributed by atoms with E-state index in [0.717, 1.165) is 31.5 Å². The van der Waals surface area contributed by atoms with Crippen molar-refractivity contribution in [3.8, 4) is 0 Å². The Hall–Kier alpha value is -1.95. The minimum atomic E-state index is -0.515. The third-order valence-electron chi connectivity index (χ3n) is 3.60. The summed E-state index contributed by atoms with van der Waals surface area (Å²) in [7, 11) is 0. The van der Waals surface area contributed by atoms with Gasteiger partial charge in [0, 0.05) is 12.6 Å². The molecule has 0 radical (unpaired) electrons. The molecule has 1 amide bonds. The molecule has 1 aromatic carbocycles. The quantitative estimate of drug-likeness (QED) is 0.647. The number of hydrogen-bond acceptors (Lipinski definition) is 4. The molecule has 108 valence electrons. The number of nitrogens with zero attached hydrogens (tertiary/aromatic N) is 1. The molecule has 1 heterocycles. The van der Waals surface area contributed by atoms with E-state index in [9.17, 15) is 14.9 Å². The average Bonchev–Trinajstić information content (AvgIpc) is 2.45. The van der Waals surface area contributed by atoms with Gasteiger partial charge in [0.15, 0.2) is 0 Å². The van der Waals surface area contributed by atoms with E-state index in [0.29, 0.717) is 12.5 Å². The Morgan fingerprint density at radius 1 is 1.45 bits per heavy atom. The molecule has 1 aromatic rings. The van der Waals surface area contributed by atoms with E-state index in [-0.39, 0.29) is 17.2 Å². The van der Waals surface area contributed by atoms with Crippen molar-refractivity contribution in [3.63, 3.8) is 0 Å². The van der Waals surface area contributed by atoms with Crippen LogP contribution < -0.4 is 10.6 Å². The Morgan fingerprint density at radius 3 is 2.80 bits per heavy atom. The van der Waals surface area contributed by atoms with Crippen LogP contribution in [-0.4, -0.2) is 30.5 Å². The van der Waals surface area contributed by atoms with E-state index < -0.39 is 4.92 Å². The summed E-state index contributed by atoms with van der Waals surface area (Å²) >= 11 is 0. The number of hydrogen-bond donors (Lipinski definition) is 2. The van der Waals surface area contributed by atoms with Crippen LogP contribution in [0.4, 0.5) is 5.69 Å². The Labute approximate surface area is 117 Å². The van der Waals surface area contributed by atoms with Crippen LogP contribution in [0.3, 0.4) is 0 Å². The van der Waals surface area contributed by atoms with Gasteiger partial charge in [0.25, 0.3) is 11.6 Å². The van der Waals surface area contributed by atoms with Gasteiger partial charge in [0.05, 0.1) is 4.92 Å². The molecule has 2 rings (SSSR count). The Kier molecular flexibility index (Phi) is 4.68. The predicted molar refractivity (Wildman–Crippen MR) is 75.8 cm³/mol. The van der Waals surface area contributed by atoms with Gasteiger partial charge >= 0.3 is 0 Å². The molecule has 1 aliphatic rings. The Bertz CT molecular complexity index is 510. The number of benzene rings is 1. The van der Waals surface area contributed by atoms with E-state index in [4.69, 9.17) is 0 Å². The third-order valence-corrected chi connectivity index (χ3v) is 3.60. The molecule has 1 fully saturated rings. The van der Waals surface area contributed by atoms with Gasteiger partial charge in [-0.1, -0.05) is 6.07 Å². The molecule has 0 bridgehead atoms. The summed E-state index contributed by atoms with van der Waals surface area (Å²) in [5.41, 5.74) is 0.838. The molecule has 6 heteroatoms. The van der Waals surface area contributed by atoms with Crippen molar-refractivity contribution in [2.24, 2.45) is 5.92 Å². The van der Waals surface area contributed by atoms with Crippen molar-refractivity contribution in [3.05, 3.63) is 39.4 Å². The standard InChI is InChI=1S/C14H19N3O3/c1-10-2-3-13(17(19)20)12(8-10)14(18)16-9-11-4-6-15-7-5-11/h2-3,8,11,15H,4-7,9H2,1H3,(H,16,18). The van der Waals surface area contributed by atoms with E-state index >= 15 is 0 Å². The molecular weight excluding hydrogens is 258 g/mol. The maximum absolute atomic E-state index is 12.1. The van der Waals surface area contributed by atoms with Crippen LogP contribution in [0.1, 0.15) is 28.8 Å². The third kappa shape index (κ3) is 3.54. The lowest BCUT2D eigenvalue weighted by Gasteiger charge is -2.22. The molecule has 0 spiro atoms. The van der Waals surface area contributed by atoms with Gasteiger partial charge in [-0.15, -0.1) is 0 Å². The number of carbonyl (C=O) groups is 1. The molecule has 20 heavy (non-hydrogen) atoms. The lowest BCUT2D eigenvalue weighted by Crippen LogP contribution is -2.36. The first-order chi connectivity index (χ1) is 9.58. The molecular formula is C14H19N3O3. The minimum Gasteiger partial charge on any atom is -0.352 e. The van der Waals surface area contributed by atoms with Gasteiger partial charge < -0.3 is 10.6 Å². The van der Waals surface area contributed by atoms with E-state index in [1.807, 2.05) is 6.92 Å². The summed E-state index contributed by atoms with van der Waals surface area (Å²) in [4.78, 5) is 22.6. The fraction of sp³-hybridized carbons (Fsp3) is 0.500. The van der Waals surface area contributed by atoms with Crippen LogP contribution in [-0.2, 0) is 0 Å². The van der Waals surface area contributed by atoms with Gasteiger partial charge in [-0.05, 0) is 50.4 Å². The fourth-order valence-electron chi connectivity index (χ4n) is 2.41. The molecule has 0 aromatic heterocycles. The first-order valence-electron chi connectivity index (χ1n) is 6.82. The molecule has 1 saturated heterocycles. The average molecular weight is 277 g/mol. The van der Waals surface area contributed by atoms with E-state index in [2.05, 4.69) is 10.6 Å². The second-order valence-electron chi connectivity index (χ2n) is 5.18. The topological polar surface area (TPSA) is 84.3 Å². The normalized spacial score (nSPS) is 15.8. The fourth-order valence-corrected chi connectivity index (χ4v) is 2.41. The molecule has 0 saturated carbocycles. The summed E-state index contributed by atoms with van der Waals surface area (Å²) in [6.45, 7) is 4.31. The molecule has 2 N–H and O–H groups in total. The summed E-state index contributed by atoms with van der Waals surface area (Å²) in [6, 6.07) is 4.59. The lowest BCUT2D eigenvalue weighted by molar-refractivity contribution is -0.385. The number of nitrogens with one attached hydrogen (secondary N) is 2. The number of carbonyl (C=O) groups excluding carboxylic acids is 1. The summed E-state index contributed by atoms with van der Waals surface area (Å²) < 4.78 is 0. The zero-order valence-electron chi connectivity index (χ0n) is 11.5. The maximum atomic E-state index is 12.1. The van der Waals surface area contributed by atoms with Crippen molar-refractivity contribution >= 4 is 11.6 Å². The highest BCUT2D eigenvalue weighted by atomic mass is 16.6. The molecule has 0 unspecified atom stereocenters. The smallest absolute Gasteiger partial charge is 0.282 e. The Balaban J connectivity index is 2.04. The maximum Gasteiger partial charge on any atom is 0.282 e. The van der Waals surface area contributed by atoms with Crippen LogP contribution in [0.25, 0.3) is 0 Å². The van der Waals surface area contributed by atoms with Crippen molar-refractivity contribution in [2.45, 2.75) is 19.8 Å². The first-order valence-corrected chi connectivity index (χ1v) is 6.82. The van der Waals surface area contributed by atoms with Crippen molar-refractivity contribution < 1.29 is 9.72 Å². The largest absolute Gasteiger partial charge is 0.352 e. The van der Waals surface area contributed by atoms with Crippen molar-refractivity contribution in [2.75, 3.05) is 19.6 Å². The molecule has 0 atom stereocenters. The van der Waals surface area contributed by atoms with Gasteiger partial charge in [-0.2, -0.15) is 0 Å². The van der Waals surface area contributed by atoms with Gasteiger partial charge in [-0.25, -0.2) is 0 Å². The highest BCUT2D eigenvalue weighted by Crippen LogP contribution is 2.20. The number of rotatable bonds is 4. The van der Waals surface area contributed by atoms with Crippen molar-refractivity contribution in [1.29, 1.82) is 0 Å². The van der Waals surface area contributed by atoms with Crippen LogP contribution in [0.2, 0.25) is 0 Å². The van der Waals surface area contributed by atoms with Gasteiger partial charge in [-0.3, -0.25) is 14.9 Å². The minimum absolute atomic E-state index is 0.140. The van der Waals surface area contributed by atoms with Crippen LogP contribution in [0.5, 0.6) is 0 Å². The number of amides is 1. The highest BCUT2D eigenvalue weighted by Gasteiger charge is 2.21. The number of aryl methyl sites for hydroxylation is 1. The first kappa shape index (κ1) is 14.5. The Morgan fingerprint density at radius 2 is 2.15 bits per heavy atom. The van der Waals surface area contributed by atoms with Crippen molar-refractivity contribution in [1.82, 2.24) is 10.6 Å². The summed E-state index contributed by atoms with van der Waals surface area (Å²) in [5.74, 6) is 0.0861. The molecule has 0 aliphatic carbocycles. The summed E-state index contributed by atoms with van der Waals surface area (Å²) in [6.07, 6.45) is 2.05. The van der Waals surface area contributed by atoms with Crippen LogP contribution in [0.15, 0.2) is 18.2 Å². The monoisotopic (exact) mass is 277 g/mol. The lowest BCUT2D eigenvalue weighted by atomic mass is 9.98. The van der Waals surface area contributed by atoms with Gasteiger partial charge in [0.1, 0.15) is 5.56 Å². The number of nitro benzene ring substituents is 1. The zero-order valence-corrected chi connectivity index (χ0v) is 11.5. The van der Waals surface area contributed by atoms with Crippen LogP contribution >= 0.6 is 0 Å². The van der Waals surface area contributed by atoms with E-state index in [1.165, 1.54) is 6.07 Å². The van der Waals surface area contributed by atoms with E-state index in [1.54, 1.807) is 12.1 Å². The summed E-state index contributed by atoms with van der Waals surface area (Å²) in [5, 5.41) is 17.0. The molecule has 1 aliphatic heterocycles. The second-order valence-corrected chi connectivity index (χ2v) is 5.18. The molecule has 6 nitrogen and oxygen atoms in total. The zero-order chi connectivity index (χ0) is 14.5. The second kappa shape index (κ2) is 6.47. The van der Waals surface area contributed by atoms with Crippen LogP contribution in [0, 0.1) is 23.0 Å². The highest BCUT2D eigenvalue weighted by molar-refractivity contribution is 5.98. The predicted octanol–water partition coefficient (Wildman–Crippen LogP) is 1.63. The number of piperidine rings is 1. The SMILES string of the molecule is Cc1ccc([N+](=O)[O-])c(C(=O)NCC2CCNCC2)c1. The van der Waals surface area contributed by atoms with Gasteiger partial charge in [0.2, 0.25) is 0 Å².